The number of imidazole rings is 1. The highest BCUT2D eigenvalue weighted by molar-refractivity contribution is 5.82. The van der Waals surface area contributed by atoms with Crippen molar-refractivity contribution < 1.29 is 5.11 Å². The molecule has 0 spiro atoms. The summed E-state index contributed by atoms with van der Waals surface area (Å²) in [6, 6.07) is 48.8. The molecule has 3 aromatic heterocycles. The lowest BCUT2D eigenvalue weighted by atomic mass is 9.77. The molecule has 1 aliphatic rings. The summed E-state index contributed by atoms with van der Waals surface area (Å²) < 4.78 is 4.32. The van der Waals surface area contributed by atoms with Crippen LogP contribution >= 0.6 is 0 Å². The molecule has 0 unspecified atom stereocenters. The lowest BCUT2D eigenvalue weighted by molar-refractivity contribution is 0.253. The number of tetrazole rings is 1. The van der Waals surface area contributed by atoms with Crippen LogP contribution in [0.4, 0.5) is 0 Å². The molecule has 0 saturated carbocycles. The van der Waals surface area contributed by atoms with Gasteiger partial charge in [0, 0.05) is 12.0 Å². The predicted molar refractivity (Wildman–Crippen MR) is 220 cm³/mol. The molecule has 8 heteroatoms. The van der Waals surface area contributed by atoms with Crippen molar-refractivity contribution in [3.8, 4) is 34.4 Å². The predicted octanol–water partition coefficient (Wildman–Crippen LogP) is 8.73. The molecule has 56 heavy (non-hydrogen) atoms. The summed E-state index contributed by atoms with van der Waals surface area (Å²) in [7, 11) is 0. The summed E-state index contributed by atoms with van der Waals surface area (Å²) in [5, 5.41) is 23.8. The third-order valence-corrected chi connectivity index (χ3v) is 11.0. The molecule has 0 aliphatic heterocycles. The van der Waals surface area contributed by atoms with E-state index in [0.717, 1.165) is 75.2 Å². The van der Waals surface area contributed by atoms with E-state index >= 15 is 0 Å². The summed E-state index contributed by atoms with van der Waals surface area (Å²) in [5.74, 6) is 7.59. The van der Waals surface area contributed by atoms with Crippen molar-refractivity contribution in [3.63, 3.8) is 0 Å². The van der Waals surface area contributed by atoms with Gasteiger partial charge in [0.2, 0.25) is 0 Å². The van der Waals surface area contributed by atoms with Crippen molar-refractivity contribution in [2.24, 2.45) is 0 Å². The third-order valence-electron chi connectivity index (χ3n) is 11.0. The van der Waals surface area contributed by atoms with Crippen molar-refractivity contribution in [2.45, 2.75) is 57.7 Å². The molecule has 2 atom stereocenters. The van der Waals surface area contributed by atoms with E-state index in [1.54, 1.807) is 6.92 Å². The van der Waals surface area contributed by atoms with E-state index in [0.29, 0.717) is 11.5 Å². The van der Waals surface area contributed by atoms with Crippen LogP contribution < -0.4 is 0 Å². The Hall–Kier alpha value is -6.69. The summed E-state index contributed by atoms with van der Waals surface area (Å²) in [4.78, 5) is 10.1. The van der Waals surface area contributed by atoms with Crippen LogP contribution in [0.5, 0.6) is 0 Å². The second-order valence-corrected chi connectivity index (χ2v) is 14.4. The van der Waals surface area contributed by atoms with Gasteiger partial charge in [0.15, 0.2) is 11.5 Å². The number of aromatic nitrogens is 7. The lowest BCUT2D eigenvalue weighted by Crippen LogP contribution is -2.39. The van der Waals surface area contributed by atoms with Crippen LogP contribution in [0, 0.1) is 18.8 Å². The Balaban J connectivity index is 1.17. The molecule has 0 radical (unpaired) electrons. The van der Waals surface area contributed by atoms with Gasteiger partial charge in [-0.1, -0.05) is 146 Å². The minimum Gasteiger partial charge on any atom is -0.381 e. The van der Waals surface area contributed by atoms with Crippen molar-refractivity contribution in [1.29, 1.82) is 0 Å². The van der Waals surface area contributed by atoms with Gasteiger partial charge < -0.3 is 9.67 Å². The van der Waals surface area contributed by atoms with Crippen LogP contribution in [0.15, 0.2) is 140 Å². The maximum Gasteiger partial charge on any atom is 0.184 e. The van der Waals surface area contributed by atoms with Crippen molar-refractivity contribution >= 4 is 11.2 Å². The van der Waals surface area contributed by atoms with E-state index in [2.05, 4.69) is 151 Å². The molecule has 0 saturated heterocycles. The average Bonchev–Trinajstić information content (AvgIpc) is 3.99. The molecule has 1 aliphatic carbocycles. The number of hydrogen-bond acceptors (Lipinski definition) is 6. The van der Waals surface area contributed by atoms with Crippen molar-refractivity contribution in [2.75, 3.05) is 0 Å². The molecule has 0 amide bonds. The Labute approximate surface area is 326 Å². The first-order valence-corrected chi connectivity index (χ1v) is 19.2. The molecule has 9 rings (SSSR count). The van der Waals surface area contributed by atoms with Crippen LogP contribution in [-0.4, -0.2) is 46.0 Å². The van der Waals surface area contributed by atoms with Gasteiger partial charge in [-0.15, -0.1) is 5.10 Å². The first-order valence-electron chi connectivity index (χ1n) is 19.2. The Morgan fingerprint density at radius 1 is 0.786 bits per heavy atom. The van der Waals surface area contributed by atoms with Gasteiger partial charge in [-0.2, -0.15) is 0 Å². The molecule has 8 nitrogen and oxygen atoms in total. The molecule has 274 valence electrons. The van der Waals surface area contributed by atoms with Gasteiger partial charge in [-0.05, 0) is 93.6 Å². The van der Waals surface area contributed by atoms with Gasteiger partial charge >= 0.3 is 0 Å². The zero-order chi connectivity index (χ0) is 38.2. The van der Waals surface area contributed by atoms with Crippen LogP contribution in [0.1, 0.15) is 71.2 Å². The zero-order valence-electron chi connectivity index (χ0n) is 31.6. The molecule has 3 heterocycles. The maximum atomic E-state index is 9.81. The molecular formula is C48H41N7O. The van der Waals surface area contributed by atoms with Gasteiger partial charge in [0.25, 0.3) is 0 Å². The summed E-state index contributed by atoms with van der Waals surface area (Å²) in [6.45, 7) is 5.86. The standard InChI is InChI=1S/C48H41N7O/c1-4-44-50-45-32(2)30-39(27-24-33(3)56)49-47(45)54(44)43-29-26-35-31-34(25-28-41(35)43)40-22-14-15-23-42(40)46-51-52-53-55(46)48(36-16-8-5-9-17-36,37-18-10-6-11-19-37)38-20-12-7-13-21-38/h5-23,25,28,30-31,33,43,56H,4,26,29H2,1-3H3/t33-,43-/m0/s1. The van der Waals surface area contributed by atoms with E-state index in [1.807, 2.05) is 28.9 Å². The van der Waals surface area contributed by atoms with Gasteiger partial charge in [-0.25, -0.2) is 14.6 Å². The summed E-state index contributed by atoms with van der Waals surface area (Å²) >= 11 is 0. The minimum absolute atomic E-state index is 0.0941. The van der Waals surface area contributed by atoms with E-state index < -0.39 is 11.6 Å². The Morgan fingerprint density at radius 3 is 2.04 bits per heavy atom. The fraction of sp³-hybridized carbons (Fsp3) is 0.188. The molecule has 0 bridgehead atoms. The fourth-order valence-corrected chi connectivity index (χ4v) is 8.53. The second-order valence-electron chi connectivity index (χ2n) is 14.4. The largest absolute Gasteiger partial charge is 0.381 e. The first-order chi connectivity index (χ1) is 27.5. The quantitative estimate of drug-likeness (QED) is 0.124. The number of aliphatic hydroxyl groups excluding tert-OH is 1. The highest BCUT2D eigenvalue weighted by atomic mass is 16.3. The number of pyridine rings is 1. The van der Waals surface area contributed by atoms with Crippen LogP contribution in [-0.2, 0) is 18.4 Å². The number of nitrogens with zero attached hydrogens (tertiary/aromatic N) is 7. The number of aryl methyl sites for hydroxylation is 3. The van der Waals surface area contributed by atoms with E-state index in [9.17, 15) is 5.11 Å². The Bertz CT molecular complexity index is 2650. The van der Waals surface area contributed by atoms with Gasteiger partial charge in [-0.3, -0.25) is 0 Å². The third kappa shape index (κ3) is 5.88. The summed E-state index contributed by atoms with van der Waals surface area (Å²) in [5.41, 5.74) is 11.4. The molecule has 1 N–H and O–H groups in total. The number of hydrogen-bond donors (Lipinski definition) is 1. The highest BCUT2D eigenvalue weighted by Crippen LogP contribution is 2.45. The Kier molecular flexibility index (Phi) is 9.08. The number of fused-ring (bicyclic) bond motifs is 2. The monoisotopic (exact) mass is 731 g/mol. The van der Waals surface area contributed by atoms with Gasteiger partial charge in [0.1, 0.15) is 28.7 Å². The molecule has 0 fully saturated rings. The number of rotatable bonds is 8. The minimum atomic E-state index is -0.861. The van der Waals surface area contributed by atoms with Gasteiger partial charge in [0.05, 0.1) is 6.04 Å². The van der Waals surface area contributed by atoms with Crippen LogP contribution in [0.25, 0.3) is 33.7 Å². The zero-order valence-corrected chi connectivity index (χ0v) is 31.6. The maximum absolute atomic E-state index is 9.81. The smallest absolute Gasteiger partial charge is 0.184 e. The molecule has 8 aromatic rings. The number of aliphatic hydroxyl groups is 1. The summed E-state index contributed by atoms with van der Waals surface area (Å²) in [6.07, 6.45) is 1.93. The highest BCUT2D eigenvalue weighted by Gasteiger charge is 2.42. The SMILES string of the molecule is CCc1nc2c(C)cc(C#C[C@H](C)O)nc2n1[C@H]1CCc2cc(-c3ccccc3-c3nnnn3C(c3ccccc3)(c3ccccc3)c3ccccc3)ccc21. The lowest BCUT2D eigenvalue weighted by Gasteiger charge is -2.36. The van der Waals surface area contributed by atoms with Crippen molar-refractivity contribution in [1.82, 2.24) is 34.7 Å². The van der Waals surface area contributed by atoms with Crippen LogP contribution in [0.2, 0.25) is 0 Å². The van der Waals surface area contributed by atoms with Crippen molar-refractivity contribution in [3.05, 3.63) is 184 Å². The average molecular weight is 732 g/mol. The second kappa shape index (κ2) is 14.5. The van der Waals surface area contributed by atoms with E-state index in [1.165, 1.54) is 11.1 Å². The van der Waals surface area contributed by atoms with Crippen LogP contribution in [0.3, 0.4) is 0 Å². The fourth-order valence-electron chi connectivity index (χ4n) is 8.53. The normalized spacial score (nSPS) is 14.3. The Morgan fingerprint density at radius 2 is 1.41 bits per heavy atom. The van der Waals surface area contributed by atoms with E-state index in [-0.39, 0.29) is 6.04 Å². The molecular weight excluding hydrogens is 691 g/mol. The first kappa shape index (κ1) is 35.0. The number of benzene rings is 5. The molecule has 5 aromatic carbocycles. The topological polar surface area (TPSA) is 94.5 Å². The van der Waals surface area contributed by atoms with E-state index in [4.69, 9.17) is 20.3 Å².